The topological polar surface area (TPSA) is 23.8 Å². The van der Waals surface area contributed by atoms with Crippen molar-refractivity contribution in [3.8, 4) is 17.2 Å². The van der Waals surface area contributed by atoms with Crippen LogP contribution in [0.2, 0.25) is 0 Å². The van der Waals surface area contributed by atoms with Gasteiger partial charge in [0.05, 0.1) is 11.6 Å². The third kappa shape index (κ3) is 2.06. The Morgan fingerprint density at radius 1 is 0.640 bits per heavy atom. The molecule has 0 aromatic heterocycles. The van der Waals surface area contributed by atoms with Crippen molar-refractivity contribution in [2.45, 2.75) is 0 Å². The molecule has 2 heteroatoms. The van der Waals surface area contributed by atoms with Crippen molar-refractivity contribution in [2.24, 2.45) is 0 Å². The Bertz CT molecular complexity index is 1290. The summed E-state index contributed by atoms with van der Waals surface area (Å²) in [5, 5.41) is 16.6. The van der Waals surface area contributed by atoms with E-state index in [1.165, 1.54) is 37.9 Å². The second-order valence-corrected chi connectivity index (χ2v) is 7.13. The Labute approximate surface area is 153 Å². The Balaban J connectivity index is 1.92. The van der Waals surface area contributed by atoms with Crippen molar-refractivity contribution in [3.05, 3.63) is 82.8 Å². The fourth-order valence-corrected chi connectivity index (χ4v) is 4.20. The molecule has 0 atom stereocenters. The minimum absolute atomic E-state index is 0.686. The molecule has 0 heterocycles. The molecule has 0 amide bonds. The van der Waals surface area contributed by atoms with Crippen LogP contribution in [0.3, 0.4) is 0 Å². The second kappa shape index (κ2) is 5.31. The van der Waals surface area contributed by atoms with E-state index in [4.69, 9.17) is 5.26 Å². The lowest BCUT2D eigenvalue weighted by Crippen LogP contribution is -1.88. The monoisotopic (exact) mass is 381 g/mol. The van der Waals surface area contributed by atoms with E-state index in [0.29, 0.717) is 5.56 Å². The van der Waals surface area contributed by atoms with Crippen LogP contribution in [0.1, 0.15) is 5.56 Å². The molecule has 116 valence electrons. The van der Waals surface area contributed by atoms with Crippen LogP contribution in [-0.2, 0) is 0 Å². The molecule has 25 heavy (non-hydrogen) atoms. The zero-order valence-corrected chi connectivity index (χ0v) is 14.8. The van der Waals surface area contributed by atoms with E-state index in [-0.39, 0.29) is 0 Å². The first kappa shape index (κ1) is 14.5. The third-order valence-electron chi connectivity index (χ3n) is 4.94. The first-order chi connectivity index (χ1) is 12.3. The van der Waals surface area contributed by atoms with Crippen LogP contribution in [0, 0.1) is 11.3 Å². The van der Waals surface area contributed by atoms with E-state index in [1.54, 1.807) is 0 Å². The minimum atomic E-state index is 0.686. The molecule has 5 rings (SSSR count). The first-order valence-electron chi connectivity index (χ1n) is 8.13. The summed E-state index contributed by atoms with van der Waals surface area (Å²) in [5.41, 5.74) is 3.02. The van der Waals surface area contributed by atoms with E-state index in [1.807, 2.05) is 24.3 Å². The number of hydrogen-bond acceptors (Lipinski definition) is 1. The molecule has 1 nitrogen and oxygen atoms in total. The average Bonchev–Trinajstić information content (AvgIpc) is 2.67. The molecule has 0 bridgehead atoms. The molecule has 0 N–H and O–H groups in total. The van der Waals surface area contributed by atoms with E-state index >= 15 is 0 Å². The molecule has 0 saturated carbocycles. The standard InChI is InChI=1S/C23H12BrN/c24-21-12-8-17-6-10-19-18(15-3-1-14(13-25)2-4-15)9-5-16-7-11-20(21)23(17)22(16)19/h1-12H. The van der Waals surface area contributed by atoms with Gasteiger partial charge in [-0.05, 0) is 61.6 Å². The van der Waals surface area contributed by atoms with Crippen LogP contribution >= 0.6 is 15.9 Å². The van der Waals surface area contributed by atoms with Crippen molar-refractivity contribution >= 4 is 48.2 Å². The van der Waals surface area contributed by atoms with Crippen molar-refractivity contribution in [3.63, 3.8) is 0 Å². The van der Waals surface area contributed by atoms with E-state index in [9.17, 15) is 0 Å². The number of nitrogens with zero attached hydrogens (tertiary/aromatic N) is 1. The van der Waals surface area contributed by atoms with E-state index in [2.05, 4.69) is 70.5 Å². The van der Waals surface area contributed by atoms with Gasteiger partial charge in [0, 0.05) is 4.47 Å². The molecular weight excluding hydrogens is 370 g/mol. The van der Waals surface area contributed by atoms with Gasteiger partial charge >= 0.3 is 0 Å². The summed E-state index contributed by atoms with van der Waals surface area (Å²) in [6, 6.07) is 27.4. The molecule has 0 saturated heterocycles. The highest BCUT2D eigenvalue weighted by Gasteiger charge is 2.13. The minimum Gasteiger partial charge on any atom is -0.192 e. The molecular formula is C23H12BrN. The van der Waals surface area contributed by atoms with Gasteiger partial charge in [-0.2, -0.15) is 5.26 Å². The van der Waals surface area contributed by atoms with Crippen LogP contribution in [0.5, 0.6) is 0 Å². The number of nitriles is 1. The lowest BCUT2D eigenvalue weighted by atomic mass is 9.90. The fraction of sp³-hybridized carbons (Fsp3) is 0. The Kier molecular flexibility index (Phi) is 3.07. The second-order valence-electron chi connectivity index (χ2n) is 6.27. The van der Waals surface area contributed by atoms with Gasteiger partial charge in [0.2, 0.25) is 0 Å². The maximum Gasteiger partial charge on any atom is 0.0991 e. The molecule has 0 aliphatic heterocycles. The lowest BCUT2D eigenvalue weighted by Gasteiger charge is -2.15. The van der Waals surface area contributed by atoms with Crippen LogP contribution in [0.15, 0.2) is 77.3 Å². The van der Waals surface area contributed by atoms with Gasteiger partial charge in [-0.15, -0.1) is 0 Å². The normalized spacial score (nSPS) is 11.4. The fourth-order valence-electron chi connectivity index (χ4n) is 3.74. The predicted octanol–water partition coefficient (Wildman–Crippen LogP) is 6.89. The van der Waals surface area contributed by atoms with Gasteiger partial charge in [0.15, 0.2) is 0 Å². The largest absolute Gasteiger partial charge is 0.192 e. The van der Waals surface area contributed by atoms with Gasteiger partial charge in [-0.3, -0.25) is 0 Å². The van der Waals surface area contributed by atoms with Crippen LogP contribution in [0.25, 0.3) is 43.4 Å². The van der Waals surface area contributed by atoms with E-state index in [0.717, 1.165) is 10.0 Å². The van der Waals surface area contributed by atoms with Crippen molar-refractivity contribution in [2.75, 3.05) is 0 Å². The molecule has 5 aromatic carbocycles. The molecule has 0 aliphatic carbocycles. The van der Waals surface area contributed by atoms with Crippen molar-refractivity contribution in [1.82, 2.24) is 0 Å². The third-order valence-corrected chi connectivity index (χ3v) is 5.63. The molecule has 0 unspecified atom stereocenters. The van der Waals surface area contributed by atoms with Crippen LogP contribution < -0.4 is 0 Å². The van der Waals surface area contributed by atoms with Crippen molar-refractivity contribution < 1.29 is 0 Å². The smallest absolute Gasteiger partial charge is 0.0991 e. The molecule has 5 aromatic rings. The summed E-state index contributed by atoms with van der Waals surface area (Å²) in [7, 11) is 0. The molecule has 0 spiro atoms. The number of rotatable bonds is 1. The molecule has 0 radical (unpaired) electrons. The van der Waals surface area contributed by atoms with Gasteiger partial charge in [0.1, 0.15) is 0 Å². The SMILES string of the molecule is N#Cc1ccc(-c2ccc3ccc4c(Br)ccc5ccc2c3c54)cc1. The van der Waals surface area contributed by atoms with E-state index < -0.39 is 0 Å². The maximum absolute atomic E-state index is 9.03. The first-order valence-corrected chi connectivity index (χ1v) is 8.92. The Morgan fingerprint density at radius 3 is 1.96 bits per heavy atom. The maximum atomic E-state index is 9.03. The number of halogens is 1. The number of hydrogen-bond donors (Lipinski definition) is 0. The van der Waals surface area contributed by atoms with Crippen molar-refractivity contribution in [1.29, 1.82) is 5.26 Å². The molecule has 0 aliphatic rings. The zero-order valence-electron chi connectivity index (χ0n) is 13.3. The highest BCUT2D eigenvalue weighted by atomic mass is 79.9. The highest BCUT2D eigenvalue weighted by molar-refractivity contribution is 9.10. The van der Waals surface area contributed by atoms with Crippen LogP contribution in [0.4, 0.5) is 0 Å². The average molecular weight is 382 g/mol. The quantitative estimate of drug-likeness (QED) is 0.290. The van der Waals surface area contributed by atoms with Gasteiger partial charge in [0.25, 0.3) is 0 Å². The Morgan fingerprint density at radius 2 is 1.24 bits per heavy atom. The summed E-state index contributed by atoms with van der Waals surface area (Å²) < 4.78 is 1.12. The summed E-state index contributed by atoms with van der Waals surface area (Å²) in [5.74, 6) is 0. The summed E-state index contributed by atoms with van der Waals surface area (Å²) in [4.78, 5) is 0. The zero-order chi connectivity index (χ0) is 17.0. The Hall–Kier alpha value is -2.89. The summed E-state index contributed by atoms with van der Waals surface area (Å²) in [6.45, 7) is 0. The van der Waals surface area contributed by atoms with Gasteiger partial charge in [-0.1, -0.05) is 70.5 Å². The number of benzene rings is 5. The predicted molar refractivity (Wildman–Crippen MR) is 108 cm³/mol. The highest BCUT2D eigenvalue weighted by Crippen LogP contribution is 2.41. The summed E-state index contributed by atoms with van der Waals surface area (Å²) in [6.07, 6.45) is 0. The van der Waals surface area contributed by atoms with Gasteiger partial charge in [-0.25, -0.2) is 0 Å². The molecule has 0 fully saturated rings. The summed E-state index contributed by atoms with van der Waals surface area (Å²) >= 11 is 3.69. The van der Waals surface area contributed by atoms with Gasteiger partial charge < -0.3 is 0 Å². The van der Waals surface area contributed by atoms with Crippen LogP contribution in [-0.4, -0.2) is 0 Å². The lowest BCUT2D eigenvalue weighted by molar-refractivity contribution is 1.48.